The van der Waals surface area contributed by atoms with Gasteiger partial charge >= 0.3 is 0 Å². The van der Waals surface area contributed by atoms with Gasteiger partial charge in [0.2, 0.25) is 11.8 Å². The van der Waals surface area contributed by atoms with E-state index in [2.05, 4.69) is 32.7 Å². The summed E-state index contributed by atoms with van der Waals surface area (Å²) in [7, 11) is 0. The number of alkyl halides is 1. The van der Waals surface area contributed by atoms with E-state index in [-0.39, 0.29) is 0 Å². The van der Waals surface area contributed by atoms with Crippen molar-refractivity contribution in [1.82, 2.24) is 10.2 Å². The van der Waals surface area contributed by atoms with Crippen molar-refractivity contribution in [3.8, 4) is 0 Å². The summed E-state index contributed by atoms with van der Waals surface area (Å²) < 4.78 is 5.45. The predicted octanol–water partition coefficient (Wildman–Crippen LogP) is 2.99. The Labute approximate surface area is 91.7 Å². The maximum absolute atomic E-state index is 5.45. The van der Waals surface area contributed by atoms with E-state index in [4.69, 9.17) is 4.42 Å². The van der Waals surface area contributed by atoms with Gasteiger partial charge in [-0.15, -0.1) is 10.2 Å². The van der Waals surface area contributed by atoms with Gasteiger partial charge in [0.05, 0.1) is 0 Å². The van der Waals surface area contributed by atoms with Crippen LogP contribution in [-0.2, 0) is 0 Å². The number of rotatable bonds is 3. The molecule has 1 heterocycles. The van der Waals surface area contributed by atoms with Gasteiger partial charge in [0.15, 0.2) is 0 Å². The van der Waals surface area contributed by atoms with Crippen molar-refractivity contribution in [3.63, 3.8) is 0 Å². The Kier molecular flexibility index (Phi) is 3.01. The SMILES string of the molecule is C=Cc1nnc(C2CCC(CBr)C2)o1. The van der Waals surface area contributed by atoms with Crippen LogP contribution in [0.25, 0.3) is 6.08 Å². The van der Waals surface area contributed by atoms with Crippen LogP contribution in [0.2, 0.25) is 0 Å². The Bertz CT molecular complexity index is 324. The van der Waals surface area contributed by atoms with Crippen molar-refractivity contribution in [2.45, 2.75) is 25.2 Å². The lowest BCUT2D eigenvalue weighted by atomic mass is 10.1. The van der Waals surface area contributed by atoms with Crippen molar-refractivity contribution in [2.24, 2.45) is 5.92 Å². The van der Waals surface area contributed by atoms with E-state index in [1.54, 1.807) is 6.08 Å². The second-order valence-corrected chi connectivity index (χ2v) is 4.36. The van der Waals surface area contributed by atoms with Gasteiger partial charge in [0.25, 0.3) is 0 Å². The largest absolute Gasteiger partial charge is 0.421 e. The monoisotopic (exact) mass is 256 g/mol. The smallest absolute Gasteiger partial charge is 0.239 e. The summed E-state index contributed by atoms with van der Waals surface area (Å²) in [6, 6.07) is 0. The third-order valence-electron chi connectivity index (χ3n) is 2.74. The van der Waals surface area contributed by atoms with Crippen LogP contribution >= 0.6 is 15.9 Å². The molecule has 2 atom stereocenters. The van der Waals surface area contributed by atoms with Crippen LogP contribution in [0.5, 0.6) is 0 Å². The van der Waals surface area contributed by atoms with Crippen LogP contribution in [0.1, 0.15) is 37.0 Å². The summed E-state index contributed by atoms with van der Waals surface area (Å²) in [6.07, 6.45) is 5.16. The van der Waals surface area contributed by atoms with Crippen molar-refractivity contribution >= 4 is 22.0 Å². The van der Waals surface area contributed by atoms with Gasteiger partial charge in [-0.2, -0.15) is 0 Å². The van der Waals surface area contributed by atoms with Crippen LogP contribution in [0.4, 0.5) is 0 Å². The number of halogens is 1. The highest BCUT2D eigenvalue weighted by atomic mass is 79.9. The first kappa shape index (κ1) is 9.90. The molecule has 0 bridgehead atoms. The summed E-state index contributed by atoms with van der Waals surface area (Å²) in [5, 5.41) is 8.99. The summed E-state index contributed by atoms with van der Waals surface area (Å²) in [4.78, 5) is 0. The molecule has 1 saturated carbocycles. The Balaban J connectivity index is 2.05. The summed E-state index contributed by atoms with van der Waals surface area (Å²) in [6.45, 7) is 3.60. The zero-order valence-electron chi connectivity index (χ0n) is 7.95. The van der Waals surface area contributed by atoms with Gasteiger partial charge in [-0.05, 0) is 31.3 Å². The van der Waals surface area contributed by atoms with Crippen molar-refractivity contribution in [1.29, 1.82) is 0 Å². The van der Waals surface area contributed by atoms with Crippen LogP contribution in [0, 0.1) is 5.92 Å². The third-order valence-corrected chi connectivity index (χ3v) is 3.66. The van der Waals surface area contributed by atoms with Crippen LogP contribution in [-0.4, -0.2) is 15.5 Å². The van der Waals surface area contributed by atoms with Gasteiger partial charge in [-0.25, -0.2) is 0 Å². The van der Waals surface area contributed by atoms with Crippen molar-refractivity contribution in [2.75, 3.05) is 5.33 Å². The topological polar surface area (TPSA) is 38.9 Å². The summed E-state index contributed by atoms with van der Waals surface area (Å²) >= 11 is 3.51. The Morgan fingerprint density at radius 3 is 2.93 bits per heavy atom. The predicted molar refractivity (Wildman–Crippen MR) is 58.3 cm³/mol. The van der Waals surface area contributed by atoms with E-state index >= 15 is 0 Å². The molecule has 0 amide bonds. The van der Waals surface area contributed by atoms with E-state index in [1.807, 2.05) is 0 Å². The highest BCUT2D eigenvalue weighted by Crippen LogP contribution is 2.38. The summed E-state index contributed by atoms with van der Waals surface area (Å²) in [5.41, 5.74) is 0. The first-order valence-electron chi connectivity index (χ1n) is 4.85. The fraction of sp³-hybridized carbons (Fsp3) is 0.600. The molecule has 1 aliphatic carbocycles. The number of nitrogens with zero attached hydrogens (tertiary/aromatic N) is 2. The second kappa shape index (κ2) is 4.26. The Morgan fingerprint density at radius 1 is 1.50 bits per heavy atom. The minimum Gasteiger partial charge on any atom is -0.421 e. The normalized spacial score (nSPS) is 26.6. The molecule has 1 aromatic heterocycles. The molecule has 0 spiro atoms. The van der Waals surface area contributed by atoms with Crippen molar-refractivity contribution in [3.05, 3.63) is 18.4 Å². The molecule has 2 rings (SSSR count). The van der Waals surface area contributed by atoms with E-state index in [9.17, 15) is 0 Å². The van der Waals surface area contributed by atoms with Crippen LogP contribution < -0.4 is 0 Å². The average Bonchev–Trinajstić information content (AvgIpc) is 2.86. The van der Waals surface area contributed by atoms with Crippen molar-refractivity contribution < 1.29 is 4.42 Å². The first-order chi connectivity index (χ1) is 6.83. The molecular weight excluding hydrogens is 244 g/mol. The average molecular weight is 257 g/mol. The fourth-order valence-corrected chi connectivity index (χ4v) is 2.52. The molecule has 76 valence electrons. The van der Waals surface area contributed by atoms with Gasteiger partial charge < -0.3 is 4.42 Å². The molecule has 2 unspecified atom stereocenters. The highest BCUT2D eigenvalue weighted by Gasteiger charge is 2.28. The standard InChI is InChI=1S/C10H13BrN2O/c1-2-9-12-13-10(14-9)8-4-3-7(5-8)6-11/h2,7-8H,1,3-6H2. The summed E-state index contributed by atoms with van der Waals surface area (Å²) in [5.74, 6) is 2.53. The molecule has 0 aromatic carbocycles. The van der Waals surface area contributed by atoms with E-state index in [0.717, 1.165) is 30.0 Å². The Hall–Kier alpha value is -0.640. The van der Waals surface area contributed by atoms with Gasteiger partial charge in [-0.1, -0.05) is 22.5 Å². The first-order valence-corrected chi connectivity index (χ1v) is 5.97. The highest BCUT2D eigenvalue weighted by molar-refractivity contribution is 9.09. The lowest BCUT2D eigenvalue weighted by molar-refractivity contribution is 0.437. The van der Waals surface area contributed by atoms with Crippen LogP contribution in [0.15, 0.2) is 11.0 Å². The Morgan fingerprint density at radius 2 is 2.36 bits per heavy atom. The van der Waals surface area contributed by atoms with Gasteiger partial charge in [0.1, 0.15) is 0 Å². The molecule has 3 nitrogen and oxygen atoms in total. The minimum absolute atomic E-state index is 0.457. The molecule has 0 aliphatic heterocycles. The molecule has 1 fully saturated rings. The fourth-order valence-electron chi connectivity index (χ4n) is 1.93. The molecule has 0 saturated heterocycles. The van der Waals surface area contributed by atoms with Crippen LogP contribution in [0.3, 0.4) is 0 Å². The minimum atomic E-state index is 0.457. The molecule has 0 radical (unpaired) electrons. The maximum atomic E-state index is 5.45. The van der Waals surface area contributed by atoms with E-state index < -0.39 is 0 Å². The maximum Gasteiger partial charge on any atom is 0.239 e. The lowest BCUT2D eigenvalue weighted by Crippen LogP contribution is -1.97. The molecule has 1 aromatic rings. The molecular formula is C10H13BrN2O. The van der Waals surface area contributed by atoms with Gasteiger partial charge in [0, 0.05) is 11.2 Å². The lowest BCUT2D eigenvalue weighted by Gasteiger charge is -2.03. The number of hydrogen-bond donors (Lipinski definition) is 0. The molecule has 14 heavy (non-hydrogen) atoms. The molecule has 1 aliphatic rings. The molecule has 4 heteroatoms. The van der Waals surface area contributed by atoms with E-state index in [1.165, 1.54) is 6.42 Å². The number of hydrogen-bond acceptors (Lipinski definition) is 3. The van der Waals surface area contributed by atoms with E-state index in [0.29, 0.717) is 11.8 Å². The molecule has 0 N–H and O–H groups in total. The quantitative estimate of drug-likeness (QED) is 0.781. The third kappa shape index (κ3) is 1.90. The zero-order valence-corrected chi connectivity index (χ0v) is 9.53. The second-order valence-electron chi connectivity index (χ2n) is 3.71. The number of aromatic nitrogens is 2. The van der Waals surface area contributed by atoms with Gasteiger partial charge in [-0.3, -0.25) is 0 Å². The zero-order chi connectivity index (χ0) is 9.97.